The van der Waals surface area contributed by atoms with Gasteiger partial charge in [-0.1, -0.05) is 84.8 Å². The highest BCUT2D eigenvalue weighted by Crippen LogP contribution is 2.36. The molecule has 8 rings (SSSR count). The molecule has 2 fully saturated rings. The van der Waals surface area contributed by atoms with Crippen LogP contribution >= 0.6 is 0 Å². The van der Waals surface area contributed by atoms with Crippen LogP contribution in [0.15, 0.2) is 109 Å². The summed E-state index contributed by atoms with van der Waals surface area (Å²) in [7, 11) is 2.55. The number of hydrogen-bond donors (Lipinski definition) is 4. The fourth-order valence-corrected chi connectivity index (χ4v) is 8.00. The zero-order valence-electron chi connectivity index (χ0n) is 33.2. The molecule has 4 atom stereocenters. The number of aromatic amines is 2. The van der Waals surface area contributed by atoms with E-state index >= 15 is 0 Å². The Kier molecular flexibility index (Phi) is 11.6. The van der Waals surface area contributed by atoms with Crippen LogP contribution in [0.5, 0.6) is 0 Å². The van der Waals surface area contributed by atoms with Crippen molar-refractivity contribution in [3.8, 4) is 23.0 Å². The van der Waals surface area contributed by atoms with Gasteiger partial charge in [0.15, 0.2) is 0 Å². The number of likely N-dealkylation sites (tertiary alicyclic amines) is 2. The minimum Gasteiger partial charge on any atom is -0.453 e. The smallest absolute Gasteiger partial charge is 0.407 e. The van der Waals surface area contributed by atoms with Gasteiger partial charge in [-0.2, -0.15) is 0 Å². The number of alkyl carbamates (subject to hydrolysis) is 2. The zero-order valence-corrected chi connectivity index (χ0v) is 33.2. The Bertz CT molecular complexity index is 2560. The molecule has 14 nitrogen and oxygen atoms in total. The third-order valence-electron chi connectivity index (χ3n) is 11.0. The van der Waals surface area contributed by atoms with Crippen LogP contribution in [0, 0.1) is 11.8 Å². The summed E-state index contributed by atoms with van der Waals surface area (Å²) < 4.78 is 9.64. The number of ether oxygens (including phenoxy) is 2. The molecule has 4 heterocycles. The summed E-state index contributed by atoms with van der Waals surface area (Å²) in [6, 6.07) is 29.9. The van der Waals surface area contributed by atoms with Gasteiger partial charge in [-0.15, -0.1) is 0 Å². The molecule has 2 aliphatic heterocycles. The molecule has 0 saturated carbocycles. The average Bonchev–Trinajstić information content (AvgIpc) is 4.13. The second-order valence-electron chi connectivity index (χ2n) is 14.7. The summed E-state index contributed by atoms with van der Waals surface area (Å²) in [4.78, 5) is 72.0. The number of carbonyl (C=O) groups is 4. The van der Waals surface area contributed by atoms with Gasteiger partial charge in [-0.05, 0) is 78.1 Å². The van der Waals surface area contributed by atoms with E-state index in [2.05, 4.69) is 43.5 Å². The molecule has 0 spiro atoms. The molecule has 14 heteroatoms. The second-order valence-corrected chi connectivity index (χ2v) is 14.7. The highest BCUT2D eigenvalue weighted by atomic mass is 16.5. The summed E-state index contributed by atoms with van der Waals surface area (Å²) in [5, 5.41) is 5.41. The van der Waals surface area contributed by atoms with Gasteiger partial charge < -0.3 is 39.9 Å². The zero-order chi connectivity index (χ0) is 41.6. The molecular weight excluding hydrogens is 761 g/mol. The standard InChI is InChI=1S/C46H44N8O6/c1-59-45(57)51-39(31-11-5-3-6-12-31)43(55)53-25-9-15-37(53)41-47-28-34(48-41)23-19-29-17-20-30(21-18-29)33-22-24-35-36(27-33)50-42(49-35)38-16-10-26-54(38)44(56)40(52-46(58)60-2)32-13-7-4-8-14-32/h3-8,11-14,17-18,20-22,24,27-28,37-40H,9-10,15-16,25-26H2,1-2H3,(H,47,48)(H,49,50)(H,51,57)(H,52,58)/t37?,38-,39+,40+/m0/s1. The first-order valence-electron chi connectivity index (χ1n) is 19.9. The molecule has 1 unspecified atom stereocenters. The van der Waals surface area contributed by atoms with Gasteiger partial charge in [0.1, 0.15) is 29.4 Å². The lowest BCUT2D eigenvalue weighted by atomic mass is 10.0. The van der Waals surface area contributed by atoms with Gasteiger partial charge >= 0.3 is 12.2 Å². The van der Waals surface area contributed by atoms with E-state index < -0.39 is 24.3 Å². The van der Waals surface area contributed by atoms with Gasteiger partial charge in [0, 0.05) is 18.7 Å². The molecule has 4 N–H and O–H groups in total. The van der Waals surface area contributed by atoms with Crippen molar-refractivity contribution in [2.24, 2.45) is 0 Å². The van der Waals surface area contributed by atoms with Gasteiger partial charge in [0.05, 0.1) is 43.5 Å². The Labute approximate surface area is 346 Å². The number of methoxy groups -OCH3 is 2. The van der Waals surface area contributed by atoms with Crippen LogP contribution < -0.4 is 10.6 Å². The Morgan fingerprint density at radius 2 is 1.23 bits per heavy atom. The number of nitrogens with zero attached hydrogens (tertiary/aromatic N) is 4. The SMILES string of the molecule is COC(=O)N[C@@H](C(=O)N1CCCC1c1ncc(C#Cc2ccc(-c3ccc4nc([C@@H]5CCCN5C(=O)[C@H](NC(=O)OC)c5ccccc5)[nH]c4c3)cc2)[nH]1)c1ccccc1. The molecule has 2 aromatic heterocycles. The molecule has 4 amide bonds. The molecular formula is C46H44N8O6. The lowest BCUT2D eigenvalue weighted by Crippen LogP contribution is -2.42. The van der Waals surface area contributed by atoms with Crippen LogP contribution in [0.2, 0.25) is 0 Å². The lowest BCUT2D eigenvalue weighted by molar-refractivity contribution is -0.135. The third-order valence-corrected chi connectivity index (χ3v) is 11.0. The average molecular weight is 805 g/mol. The number of imidazole rings is 2. The molecule has 2 aliphatic rings. The summed E-state index contributed by atoms with van der Waals surface area (Å²) >= 11 is 0. The van der Waals surface area contributed by atoms with Crippen molar-refractivity contribution in [2.75, 3.05) is 27.3 Å². The first-order chi connectivity index (χ1) is 29.3. The van der Waals surface area contributed by atoms with E-state index in [-0.39, 0.29) is 23.9 Å². The number of aromatic nitrogens is 4. The lowest BCUT2D eigenvalue weighted by Gasteiger charge is -2.28. The minimum absolute atomic E-state index is 0.220. The van der Waals surface area contributed by atoms with Crippen molar-refractivity contribution >= 4 is 35.0 Å². The molecule has 2 saturated heterocycles. The molecule has 0 aliphatic carbocycles. The number of benzene rings is 4. The monoisotopic (exact) mass is 804 g/mol. The fourth-order valence-electron chi connectivity index (χ4n) is 8.00. The summed E-state index contributed by atoms with van der Waals surface area (Å²) in [5.74, 6) is 7.27. The highest BCUT2D eigenvalue weighted by molar-refractivity contribution is 5.88. The van der Waals surface area contributed by atoms with Crippen molar-refractivity contribution in [3.63, 3.8) is 0 Å². The Morgan fingerprint density at radius 3 is 1.80 bits per heavy atom. The van der Waals surface area contributed by atoms with Gasteiger partial charge in [0.25, 0.3) is 11.8 Å². The van der Waals surface area contributed by atoms with Crippen molar-refractivity contribution in [1.82, 2.24) is 40.4 Å². The predicted molar refractivity (Wildman–Crippen MR) is 223 cm³/mol. The van der Waals surface area contributed by atoms with E-state index in [1.807, 2.05) is 84.9 Å². The van der Waals surface area contributed by atoms with Crippen molar-refractivity contribution in [3.05, 3.63) is 143 Å². The van der Waals surface area contributed by atoms with E-state index in [1.165, 1.54) is 14.2 Å². The van der Waals surface area contributed by atoms with Crippen molar-refractivity contribution < 1.29 is 28.7 Å². The van der Waals surface area contributed by atoms with E-state index in [9.17, 15) is 19.2 Å². The molecule has 60 heavy (non-hydrogen) atoms. The van der Waals surface area contributed by atoms with Gasteiger partial charge in [0.2, 0.25) is 0 Å². The molecule has 304 valence electrons. The second kappa shape index (κ2) is 17.6. The van der Waals surface area contributed by atoms with Crippen LogP contribution in [0.4, 0.5) is 9.59 Å². The number of rotatable bonds is 9. The molecule has 0 radical (unpaired) electrons. The van der Waals surface area contributed by atoms with Crippen LogP contribution in [0.3, 0.4) is 0 Å². The van der Waals surface area contributed by atoms with Gasteiger partial charge in [-0.3, -0.25) is 9.59 Å². The topological polar surface area (TPSA) is 175 Å². The summed E-state index contributed by atoms with van der Waals surface area (Å²) in [6.07, 6.45) is 3.39. The summed E-state index contributed by atoms with van der Waals surface area (Å²) in [6.45, 7) is 1.08. The molecule has 0 bridgehead atoms. The van der Waals surface area contributed by atoms with Crippen LogP contribution in [-0.2, 0) is 19.1 Å². The van der Waals surface area contributed by atoms with Gasteiger partial charge in [-0.25, -0.2) is 19.6 Å². The van der Waals surface area contributed by atoms with Crippen LogP contribution in [-0.4, -0.2) is 81.0 Å². The highest BCUT2D eigenvalue weighted by Gasteiger charge is 2.38. The third kappa shape index (κ3) is 8.42. The van der Waals surface area contributed by atoms with Crippen LogP contribution in [0.1, 0.15) is 83.9 Å². The molecule has 4 aromatic carbocycles. The maximum atomic E-state index is 13.9. The minimum atomic E-state index is -0.895. The first kappa shape index (κ1) is 39.4. The fraction of sp³-hybridized carbons (Fsp3) is 0.261. The Balaban J connectivity index is 0.942. The van der Waals surface area contributed by atoms with E-state index in [0.29, 0.717) is 41.6 Å². The van der Waals surface area contributed by atoms with Crippen LogP contribution in [0.25, 0.3) is 22.2 Å². The normalized spacial score (nSPS) is 17.0. The molecule has 6 aromatic rings. The maximum absolute atomic E-state index is 13.9. The number of nitrogens with one attached hydrogen (secondary N) is 4. The van der Waals surface area contributed by atoms with E-state index in [0.717, 1.165) is 53.4 Å². The van der Waals surface area contributed by atoms with Crippen molar-refractivity contribution in [2.45, 2.75) is 49.9 Å². The van der Waals surface area contributed by atoms with E-state index in [1.54, 1.807) is 28.1 Å². The summed E-state index contributed by atoms with van der Waals surface area (Å²) in [5.41, 5.74) is 6.42. The Hall–Kier alpha value is -7.40. The first-order valence-corrected chi connectivity index (χ1v) is 19.9. The predicted octanol–water partition coefficient (Wildman–Crippen LogP) is 6.87. The maximum Gasteiger partial charge on any atom is 0.407 e. The number of hydrogen-bond acceptors (Lipinski definition) is 8. The number of fused-ring (bicyclic) bond motifs is 1. The number of amides is 4. The number of carbonyl (C=O) groups excluding carboxylic acids is 4. The van der Waals surface area contributed by atoms with E-state index in [4.69, 9.17) is 14.5 Å². The Morgan fingerprint density at radius 1 is 0.683 bits per heavy atom. The largest absolute Gasteiger partial charge is 0.453 e. The van der Waals surface area contributed by atoms with Crippen molar-refractivity contribution in [1.29, 1.82) is 0 Å². The number of H-pyrrole nitrogens is 2. The quantitative estimate of drug-likeness (QED) is 0.115.